The average molecular weight is 865 g/mol. The number of para-hydroxylation sites is 2. The molecule has 0 amide bonds. The largest absolute Gasteiger partial charge is 0.457 e. The normalized spacial score (nSPS) is 16.9. The van der Waals surface area contributed by atoms with Crippen molar-refractivity contribution in [2.75, 3.05) is 16.5 Å². The fourth-order valence-electron chi connectivity index (χ4n) is 8.65. The van der Waals surface area contributed by atoms with Crippen LogP contribution in [0, 0.1) is 5.89 Å². The number of anilines is 4. The smallest absolute Gasteiger partial charge is 0.137 e. The van der Waals surface area contributed by atoms with Gasteiger partial charge in [-0.05, 0) is 123 Å². The van der Waals surface area contributed by atoms with E-state index < -0.39 is 72.9 Å². The van der Waals surface area contributed by atoms with Gasteiger partial charge in [0.25, 0.3) is 0 Å². The SMILES string of the molecule is [2H]c1c([2H])c([2H])c(-c2cnc(-n3c4ccc(-c5ccccc5)cc4c4ccc(Oc5cccc(N6CN(c7cc(C(C)(C)C)cc(C(C)(C)C)c7)c7ccccc76)c5)cc43)cc2C([2H])([2H])C([2H])(C([2H])([2H])[2H])C([2H])([2H])[2H])c([2H])c1[2H]. The summed E-state index contributed by atoms with van der Waals surface area (Å²) in [5.41, 5.74) is 7.44. The Kier molecular flexibility index (Phi) is 7.25. The molecule has 10 rings (SSSR count). The fourth-order valence-corrected chi connectivity index (χ4v) is 8.65. The first-order chi connectivity index (χ1) is 36.9. The number of benzene rings is 7. The monoisotopic (exact) mass is 865 g/mol. The first-order valence-corrected chi connectivity index (χ1v) is 21.7. The van der Waals surface area contributed by atoms with Crippen LogP contribution < -0.4 is 14.5 Å². The zero-order valence-electron chi connectivity index (χ0n) is 51.3. The molecule has 324 valence electrons. The van der Waals surface area contributed by atoms with Gasteiger partial charge in [-0.1, -0.05) is 146 Å². The number of ether oxygens (including phenoxy) is 1. The van der Waals surface area contributed by atoms with Crippen LogP contribution >= 0.6 is 0 Å². The molecular formula is C60H58N4O. The van der Waals surface area contributed by atoms with E-state index in [1.165, 1.54) is 11.1 Å². The Morgan fingerprint density at radius 1 is 0.631 bits per heavy atom. The molecule has 65 heavy (non-hydrogen) atoms. The van der Waals surface area contributed by atoms with Crippen LogP contribution in [-0.4, -0.2) is 16.2 Å². The maximum atomic E-state index is 9.52. The lowest BCUT2D eigenvalue weighted by atomic mass is 9.80. The van der Waals surface area contributed by atoms with Crippen LogP contribution in [0.5, 0.6) is 11.5 Å². The van der Waals surface area contributed by atoms with Crippen LogP contribution in [0.15, 0.2) is 176 Å². The molecule has 5 heteroatoms. The van der Waals surface area contributed by atoms with Crippen molar-refractivity contribution >= 4 is 44.6 Å². The summed E-state index contributed by atoms with van der Waals surface area (Å²) in [7, 11) is 0. The van der Waals surface area contributed by atoms with Gasteiger partial charge in [-0.15, -0.1) is 0 Å². The summed E-state index contributed by atoms with van der Waals surface area (Å²) in [5, 5.41) is 1.43. The molecule has 0 atom stereocenters. The quantitative estimate of drug-likeness (QED) is 0.145. The molecule has 0 saturated carbocycles. The summed E-state index contributed by atoms with van der Waals surface area (Å²) in [6.07, 6.45) is -2.59. The van der Waals surface area contributed by atoms with E-state index in [0.29, 0.717) is 34.6 Å². The lowest BCUT2D eigenvalue weighted by Gasteiger charge is -2.29. The molecule has 9 aromatic rings. The van der Waals surface area contributed by atoms with Crippen molar-refractivity contribution in [3.8, 4) is 39.6 Å². The molecule has 2 aromatic heterocycles. The molecule has 0 aliphatic carbocycles. The minimum atomic E-state index is -3.85. The molecule has 0 N–H and O–H groups in total. The molecule has 3 heterocycles. The van der Waals surface area contributed by atoms with E-state index >= 15 is 0 Å². The van der Waals surface area contributed by atoms with Crippen LogP contribution in [0.1, 0.15) is 91.1 Å². The van der Waals surface area contributed by atoms with Gasteiger partial charge in [0.1, 0.15) is 24.0 Å². The fraction of sp³-hybridized carbons (Fsp3) is 0.217. The third-order valence-corrected chi connectivity index (χ3v) is 12.1. The van der Waals surface area contributed by atoms with E-state index in [-0.39, 0.29) is 16.6 Å². The first kappa shape index (κ1) is 28.6. The van der Waals surface area contributed by atoms with Crippen LogP contribution in [-0.2, 0) is 17.2 Å². The highest BCUT2D eigenvalue weighted by atomic mass is 16.5. The molecule has 1 aliphatic heterocycles. The summed E-state index contributed by atoms with van der Waals surface area (Å²) in [4.78, 5) is 9.32. The minimum absolute atomic E-state index is 0.0556. The van der Waals surface area contributed by atoms with Gasteiger partial charge in [-0.3, -0.25) is 4.57 Å². The second-order valence-electron chi connectivity index (χ2n) is 18.6. The molecule has 0 unspecified atom stereocenters. The van der Waals surface area contributed by atoms with Crippen molar-refractivity contribution in [3.63, 3.8) is 0 Å². The molecule has 0 fully saturated rings. The highest BCUT2D eigenvalue weighted by Crippen LogP contribution is 2.47. The Bertz CT molecular complexity index is 3800. The van der Waals surface area contributed by atoms with Gasteiger partial charge in [0.2, 0.25) is 0 Å². The minimum Gasteiger partial charge on any atom is -0.457 e. The molecule has 7 aromatic carbocycles. The van der Waals surface area contributed by atoms with Crippen molar-refractivity contribution in [2.24, 2.45) is 5.89 Å². The van der Waals surface area contributed by atoms with E-state index in [2.05, 4.69) is 81.7 Å². The van der Waals surface area contributed by atoms with Crippen molar-refractivity contribution in [3.05, 3.63) is 193 Å². The number of fused-ring (bicyclic) bond motifs is 4. The van der Waals surface area contributed by atoms with Gasteiger partial charge in [-0.25, -0.2) is 4.98 Å². The van der Waals surface area contributed by atoms with Crippen molar-refractivity contribution < 1.29 is 23.9 Å². The summed E-state index contributed by atoms with van der Waals surface area (Å²) >= 11 is 0. The number of hydrogen-bond donors (Lipinski definition) is 0. The van der Waals surface area contributed by atoms with E-state index in [9.17, 15) is 2.74 Å². The van der Waals surface area contributed by atoms with Crippen LogP contribution in [0.2, 0.25) is 0 Å². The Balaban J connectivity index is 1.13. The predicted octanol–water partition coefficient (Wildman–Crippen LogP) is 16.3. The first-order valence-electron chi connectivity index (χ1n) is 28.7. The zero-order valence-corrected chi connectivity index (χ0v) is 37.3. The second kappa shape index (κ2) is 16.5. The van der Waals surface area contributed by atoms with E-state index in [0.717, 1.165) is 51.5 Å². The predicted molar refractivity (Wildman–Crippen MR) is 274 cm³/mol. The molecule has 0 spiro atoms. The van der Waals surface area contributed by atoms with Crippen molar-refractivity contribution in [2.45, 2.75) is 72.4 Å². The molecular weight excluding hydrogens is 793 g/mol. The highest BCUT2D eigenvalue weighted by molar-refractivity contribution is 6.10. The number of hydrogen-bond acceptors (Lipinski definition) is 4. The summed E-state index contributed by atoms with van der Waals surface area (Å²) in [6, 6.07) is 41.2. The van der Waals surface area contributed by atoms with E-state index in [1.807, 2.05) is 97.1 Å². The van der Waals surface area contributed by atoms with Gasteiger partial charge < -0.3 is 14.5 Å². The third-order valence-electron chi connectivity index (χ3n) is 12.1. The topological polar surface area (TPSA) is 33.5 Å². The standard InChI is InChI=1S/C60H58N4O/c1-40(2)30-44-32-58(61-38-53(44)42-20-13-10-14-21-42)64-54-29-26-43(41-18-11-9-12-19-41)31-52(54)51-28-27-50(37-57(51)64)65-49-23-17-22-47(36-49)62-39-63(56-25-16-15-24-55(56)62)48-34-45(59(3,4)5)33-46(35-48)60(6,7)8/h9-29,31-38,40H,30,39H2,1-8H3/i1D3,2D3,10D,13D,14D,20D,21D,30D2,40D. The van der Waals surface area contributed by atoms with Crippen LogP contribution in [0.25, 0.3) is 49.9 Å². The second-order valence-corrected chi connectivity index (χ2v) is 18.6. The maximum Gasteiger partial charge on any atom is 0.137 e. The number of nitrogens with zero attached hydrogens (tertiary/aromatic N) is 4. The highest BCUT2D eigenvalue weighted by Gasteiger charge is 2.30. The van der Waals surface area contributed by atoms with Gasteiger partial charge >= 0.3 is 0 Å². The van der Waals surface area contributed by atoms with Gasteiger partial charge in [0.15, 0.2) is 0 Å². The Morgan fingerprint density at radius 3 is 2.03 bits per heavy atom. The Morgan fingerprint density at radius 2 is 1.32 bits per heavy atom. The third kappa shape index (κ3) is 8.16. The molecule has 1 aliphatic rings. The summed E-state index contributed by atoms with van der Waals surface area (Å²) < 4.78 is 130. The Hall–Kier alpha value is -7.11. The van der Waals surface area contributed by atoms with E-state index in [4.69, 9.17) is 26.2 Å². The molecule has 5 nitrogen and oxygen atoms in total. The maximum absolute atomic E-state index is 9.52. The van der Waals surface area contributed by atoms with Gasteiger partial charge in [0, 0.05) is 58.4 Å². The lowest BCUT2D eigenvalue weighted by molar-refractivity contribution is 0.483. The summed E-state index contributed by atoms with van der Waals surface area (Å²) in [5.74, 6) is -2.99. The average Bonchev–Trinajstić information content (AvgIpc) is 3.85. The number of aromatic nitrogens is 2. The Labute approximate surface area is 404 Å². The van der Waals surface area contributed by atoms with Gasteiger partial charge in [-0.2, -0.15) is 0 Å². The van der Waals surface area contributed by atoms with Gasteiger partial charge in [0.05, 0.1) is 29.3 Å². The number of pyridine rings is 1. The van der Waals surface area contributed by atoms with Crippen molar-refractivity contribution in [1.29, 1.82) is 0 Å². The van der Waals surface area contributed by atoms with Crippen LogP contribution in [0.3, 0.4) is 0 Å². The zero-order chi connectivity index (χ0) is 57.1. The lowest BCUT2D eigenvalue weighted by Crippen LogP contribution is -2.25. The molecule has 0 saturated heterocycles. The molecule has 0 radical (unpaired) electrons. The summed E-state index contributed by atoms with van der Waals surface area (Å²) in [6.45, 7) is 6.35. The van der Waals surface area contributed by atoms with Crippen molar-refractivity contribution in [1.82, 2.24) is 9.55 Å². The number of rotatable bonds is 9. The van der Waals surface area contributed by atoms with Crippen LogP contribution in [0.4, 0.5) is 22.7 Å². The van der Waals surface area contributed by atoms with E-state index in [1.54, 1.807) is 10.6 Å². The molecule has 0 bridgehead atoms.